The molecular formula is C17H23N3O4S. The molecule has 2 heterocycles. The molecule has 7 nitrogen and oxygen atoms in total. The summed E-state index contributed by atoms with van der Waals surface area (Å²) in [5, 5.41) is 4.01. The minimum atomic E-state index is -3.58. The van der Waals surface area contributed by atoms with Crippen molar-refractivity contribution in [3.8, 4) is 11.5 Å². The number of aryl methyl sites for hydroxylation is 1. The van der Waals surface area contributed by atoms with Crippen LogP contribution in [0.1, 0.15) is 32.2 Å². The number of benzene rings is 1. The third-order valence-corrected chi connectivity index (χ3v) is 6.16. The number of rotatable bonds is 3. The highest BCUT2D eigenvalue weighted by molar-refractivity contribution is 7.89. The van der Waals surface area contributed by atoms with Gasteiger partial charge in [-0.15, -0.1) is 0 Å². The Labute approximate surface area is 148 Å². The van der Waals surface area contributed by atoms with Crippen molar-refractivity contribution < 1.29 is 17.7 Å². The second-order valence-corrected chi connectivity index (χ2v) is 9.08. The Kier molecular flexibility index (Phi) is 4.70. The maximum absolute atomic E-state index is 13.0. The summed E-state index contributed by atoms with van der Waals surface area (Å²) in [7, 11) is -3.58. The van der Waals surface area contributed by atoms with E-state index in [9.17, 15) is 8.42 Å². The highest BCUT2D eigenvalue weighted by Crippen LogP contribution is 2.28. The highest BCUT2D eigenvalue weighted by atomic mass is 32.2. The molecule has 1 aromatic heterocycles. The quantitative estimate of drug-likeness (QED) is 0.830. The van der Waals surface area contributed by atoms with Crippen LogP contribution in [0.15, 0.2) is 27.6 Å². The Balaban J connectivity index is 1.99. The van der Waals surface area contributed by atoms with Crippen LogP contribution in [0.2, 0.25) is 0 Å². The highest BCUT2D eigenvalue weighted by Gasteiger charge is 2.29. The molecule has 1 aliphatic heterocycles. The van der Waals surface area contributed by atoms with Crippen LogP contribution in [0.5, 0.6) is 0 Å². The average Bonchev–Trinajstić information content (AvgIpc) is 3.06. The van der Waals surface area contributed by atoms with Crippen molar-refractivity contribution in [1.82, 2.24) is 14.4 Å². The van der Waals surface area contributed by atoms with Gasteiger partial charge in [0.2, 0.25) is 10.0 Å². The Morgan fingerprint density at radius 3 is 2.44 bits per heavy atom. The smallest absolute Gasteiger partial charge is 0.257 e. The number of ether oxygens (including phenoxy) is 1. The van der Waals surface area contributed by atoms with Crippen molar-refractivity contribution in [2.24, 2.45) is 0 Å². The topological polar surface area (TPSA) is 85.5 Å². The van der Waals surface area contributed by atoms with Crippen LogP contribution in [0.4, 0.5) is 0 Å². The van der Waals surface area contributed by atoms with E-state index in [4.69, 9.17) is 9.26 Å². The number of sulfonamides is 1. The molecule has 1 fully saturated rings. The van der Waals surface area contributed by atoms with E-state index in [0.717, 1.165) is 0 Å². The van der Waals surface area contributed by atoms with E-state index in [1.165, 1.54) is 4.31 Å². The maximum Gasteiger partial charge on any atom is 0.257 e. The van der Waals surface area contributed by atoms with Crippen molar-refractivity contribution in [2.45, 2.75) is 38.0 Å². The van der Waals surface area contributed by atoms with Gasteiger partial charge in [0.1, 0.15) is 0 Å². The van der Waals surface area contributed by atoms with Crippen LogP contribution in [-0.2, 0) is 20.2 Å². The first kappa shape index (κ1) is 18.0. The van der Waals surface area contributed by atoms with Crippen LogP contribution in [-0.4, -0.2) is 49.2 Å². The number of morpholine rings is 1. The zero-order chi connectivity index (χ0) is 18.2. The zero-order valence-corrected chi connectivity index (χ0v) is 15.8. The predicted octanol–water partition coefficient (Wildman–Crippen LogP) is 2.36. The molecule has 0 amide bonds. The van der Waals surface area contributed by atoms with E-state index >= 15 is 0 Å². The van der Waals surface area contributed by atoms with E-state index in [-0.39, 0.29) is 10.3 Å². The lowest BCUT2D eigenvalue weighted by atomic mass is 9.96. The van der Waals surface area contributed by atoms with Crippen LogP contribution < -0.4 is 0 Å². The molecule has 3 rings (SSSR count). The first-order valence-electron chi connectivity index (χ1n) is 8.23. The van der Waals surface area contributed by atoms with E-state index in [1.54, 1.807) is 25.1 Å². The number of aromatic nitrogens is 2. The molecule has 0 atom stereocenters. The molecule has 0 radical (unpaired) electrons. The van der Waals surface area contributed by atoms with Crippen LogP contribution >= 0.6 is 0 Å². The third-order valence-electron chi connectivity index (χ3n) is 4.12. The van der Waals surface area contributed by atoms with Crippen LogP contribution in [0.3, 0.4) is 0 Å². The SMILES string of the molecule is Cc1ccc(-c2nc(C(C)(C)C)no2)cc1S(=O)(=O)N1CCOCC1. The molecule has 0 spiro atoms. The fraction of sp³-hybridized carbons (Fsp3) is 0.529. The largest absolute Gasteiger partial charge is 0.379 e. The summed E-state index contributed by atoms with van der Waals surface area (Å²) >= 11 is 0. The maximum atomic E-state index is 13.0. The van der Waals surface area contributed by atoms with Crippen LogP contribution in [0.25, 0.3) is 11.5 Å². The monoisotopic (exact) mass is 365 g/mol. The van der Waals surface area contributed by atoms with Gasteiger partial charge in [0.25, 0.3) is 5.89 Å². The van der Waals surface area contributed by atoms with Crippen molar-refractivity contribution in [3.05, 3.63) is 29.6 Å². The van der Waals surface area contributed by atoms with Crippen LogP contribution in [0, 0.1) is 6.92 Å². The van der Waals surface area contributed by atoms with Gasteiger partial charge in [-0.1, -0.05) is 32.0 Å². The van der Waals surface area contributed by atoms with Gasteiger partial charge in [-0.25, -0.2) is 8.42 Å². The number of hydrogen-bond donors (Lipinski definition) is 0. The van der Waals surface area contributed by atoms with Crippen molar-refractivity contribution >= 4 is 10.0 Å². The molecule has 136 valence electrons. The molecule has 0 N–H and O–H groups in total. The van der Waals surface area contributed by atoms with Crippen molar-refractivity contribution in [3.63, 3.8) is 0 Å². The van der Waals surface area contributed by atoms with E-state index < -0.39 is 10.0 Å². The van der Waals surface area contributed by atoms with E-state index in [1.807, 2.05) is 20.8 Å². The molecule has 0 unspecified atom stereocenters. The summed E-state index contributed by atoms with van der Waals surface area (Å²) in [6.07, 6.45) is 0. The lowest BCUT2D eigenvalue weighted by Crippen LogP contribution is -2.40. The minimum Gasteiger partial charge on any atom is -0.379 e. The summed E-state index contributed by atoms with van der Waals surface area (Å²) < 4.78 is 38.0. The third kappa shape index (κ3) is 3.61. The lowest BCUT2D eigenvalue weighted by Gasteiger charge is -2.26. The predicted molar refractivity (Wildman–Crippen MR) is 92.7 cm³/mol. The Bertz CT molecular complexity index is 862. The van der Waals surface area contributed by atoms with Crippen molar-refractivity contribution in [1.29, 1.82) is 0 Å². The summed E-state index contributed by atoms with van der Waals surface area (Å²) in [6.45, 7) is 9.31. The average molecular weight is 365 g/mol. The molecule has 0 aliphatic carbocycles. The Hall–Kier alpha value is -1.77. The fourth-order valence-corrected chi connectivity index (χ4v) is 4.24. The molecule has 1 saturated heterocycles. The molecule has 8 heteroatoms. The first-order valence-corrected chi connectivity index (χ1v) is 9.67. The van der Waals surface area contributed by atoms with Gasteiger partial charge in [0, 0.05) is 24.1 Å². The number of hydrogen-bond acceptors (Lipinski definition) is 6. The zero-order valence-electron chi connectivity index (χ0n) is 14.9. The van der Waals surface area contributed by atoms with Gasteiger partial charge in [0.05, 0.1) is 18.1 Å². The van der Waals surface area contributed by atoms with Gasteiger partial charge in [-0.2, -0.15) is 9.29 Å². The summed E-state index contributed by atoms with van der Waals surface area (Å²) in [5.41, 5.74) is 1.04. The fourth-order valence-electron chi connectivity index (χ4n) is 2.58. The second kappa shape index (κ2) is 6.51. The van der Waals surface area contributed by atoms with E-state index in [2.05, 4.69) is 10.1 Å². The molecule has 0 bridgehead atoms. The number of nitrogens with zero attached hydrogens (tertiary/aromatic N) is 3. The summed E-state index contributed by atoms with van der Waals surface area (Å²) in [5.74, 6) is 0.906. The summed E-state index contributed by atoms with van der Waals surface area (Å²) in [4.78, 5) is 4.68. The molecular weight excluding hydrogens is 342 g/mol. The normalized spacial score (nSPS) is 17.0. The van der Waals surface area contributed by atoms with Gasteiger partial charge < -0.3 is 9.26 Å². The standard InChI is InChI=1S/C17H23N3O4S/c1-12-5-6-13(15-18-16(19-24-15)17(2,3)4)11-14(12)25(21,22)20-7-9-23-10-8-20/h5-6,11H,7-10H2,1-4H3. The van der Waals surface area contributed by atoms with Gasteiger partial charge in [-0.3, -0.25) is 0 Å². The second-order valence-electron chi connectivity index (χ2n) is 7.17. The molecule has 1 aliphatic rings. The summed E-state index contributed by atoms with van der Waals surface area (Å²) in [6, 6.07) is 5.18. The van der Waals surface area contributed by atoms with Gasteiger partial charge >= 0.3 is 0 Å². The first-order chi connectivity index (χ1) is 11.7. The Morgan fingerprint density at radius 1 is 1.16 bits per heavy atom. The molecule has 1 aromatic carbocycles. The van der Waals surface area contributed by atoms with Gasteiger partial charge in [-0.05, 0) is 24.6 Å². The molecule has 0 saturated carbocycles. The molecule has 2 aromatic rings. The minimum absolute atomic E-state index is 0.241. The molecule has 25 heavy (non-hydrogen) atoms. The van der Waals surface area contributed by atoms with E-state index in [0.29, 0.717) is 49.1 Å². The lowest BCUT2D eigenvalue weighted by molar-refractivity contribution is 0.0730. The van der Waals surface area contributed by atoms with Crippen molar-refractivity contribution in [2.75, 3.05) is 26.3 Å². The van der Waals surface area contributed by atoms with Gasteiger partial charge in [0.15, 0.2) is 5.82 Å². The Morgan fingerprint density at radius 2 is 1.84 bits per heavy atom.